The summed E-state index contributed by atoms with van der Waals surface area (Å²) in [6.45, 7) is 3.57. The van der Waals surface area contributed by atoms with Crippen LogP contribution in [0.1, 0.15) is 49.2 Å². The number of halogens is 1. The van der Waals surface area contributed by atoms with Gasteiger partial charge in [-0.2, -0.15) is 0 Å². The Balaban J connectivity index is 1.41. The highest BCUT2D eigenvalue weighted by Gasteiger charge is 2.25. The molecule has 1 atom stereocenters. The van der Waals surface area contributed by atoms with Crippen molar-refractivity contribution in [3.05, 3.63) is 77.8 Å². The number of hydrogen-bond donors (Lipinski definition) is 0. The molecule has 3 heterocycles. The molecule has 0 unspecified atom stereocenters. The number of pyridine rings is 1. The Bertz CT molecular complexity index is 998. The molecule has 0 bridgehead atoms. The van der Waals surface area contributed by atoms with Gasteiger partial charge in [0.25, 0.3) is 0 Å². The molecule has 30 heavy (non-hydrogen) atoms. The Kier molecular flexibility index (Phi) is 6.21. The van der Waals surface area contributed by atoms with Crippen LogP contribution in [0.4, 0.5) is 4.39 Å². The Morgan fingerprint density at radius 1 is 1.20 bits per heavy atom. The lowest BCUT2D eigenvalue weighted by molar-refractivity contribution is -0.132. The first-order valence-electron chi connectivity index (χ1n) is 10.7. The standard InChI is InChI=1S/C24H27FN4O/c1-2-22-26-14-16-29(22)23-7-3-6-21(27-23)19-5-4-15-28(17-19)24(30)13-10-18-8-11-20(25)12-9-18/h3,6-9,11-12,14,16,19H,2,4-5,10,13,15,17H2,1H3/t19-/m1/s1. The number of imidazole rings is 1. The molecule has 0 aliphatic carbocycles. The van der Waals surface area contributed by atoms with Gasteiger partial charge in [0.05, 0.1) is 0 Å². The molecule has 1 amide bonds. The lowest BCUT2D eigenvalue weighted by Crippen LogP contribution is -2.39. The van der Waals surface area contributed by atoms with E-state index in [1.807, 2.05) is 27.8 Å². The van der Waals surface area contributed by atoms with Crippen LogP contribution >= 0.6 is 0 Å². The van der Waals surface area contributed by atoms with Gasteiger partial charge in [-0.05, 0) is 49.1 Å². The highest BCUT2D eigenvalue weighted by atomic mass is 19.1. The highest BCUT2D eigenvalue weighted by molar-refractivity contribution is 5.76. The SMILES string of the molecule is CCc1nccn1-c1cccc([C@@H]2CCCN(C(=O)CCc3ccc(F)cc3)C2)n1. The largest absolute Gasteiger partial charge is 0.342 e. The van der Waals surface area contributed by atoms with E-state index < -0.39 is 0 Å². The summed E-state index contributed by atoms with van der Waals surface area (Å²) in [6, 6.07) is 12.5. The van der Waals surface area contributed by atoms with Gasteiger partial charge in [0.2, 0.25) is 5.91 Å². The molecule has 1 fully saturated rings. The summed E-state index contributed by atoms with van der Waals surface area (Å²) in [5.74, 6) is 2.01. The Labute approximate surface area is 176 Å². The van der Waals surface area contributed by atoms with E-state index in [0.29, 0.717) is 19.4 Å². The number of carbonyl (C=O) groups is 1. The molecule has 4 rings (SSSR count). The van der Waals surface area contributed by atoms with Crippen LogP contribution in [-0.4, -0.2) is 38.4 Å². The Morgan fingerprint density at radius 2 is 2.03 bits per heavy atom. The van der Waals surface area contributed by atoms with E-state index in [1.165, 1.54) is 12.1 Å². The third kappa shape index (κ3) is 4.58. The van der Waals surface area contributed by atoms with Crippen molar-refractivity contribution in [2.45, 2.75) is 44.9 Å². The lowest BCUT2D eigenvalue weighted by atomic mass is 9.94. The number of aromatic nitrogens is 3. The van der Waals surface area contributed by atoms with E-state index in [1.54, 1.807) is 18.3 Å². The quantitative estimate of drug-likeness (QED) is 0.613. The molecule has 1 aromatic carbocycles. The number of amides is 1. The zero-order chi connectivity index (χ0) is 20.9. The summed E-state index contributed by atoms with van der Waals surface area (Å²) in [5.41, 5.74) is 2.01. The van der Waals surface area contributed by atoms with Crippen molar-refractivity contribution in [1.29, 1.82) is 0 Å². The van der Waals surface area contributed by atoms with E-state index >= 15 is 0 Å². The monoisotopic (exact) mass is 406 g/mol. The number of carbonyl (C=O) groups excluding carboxylic acids is 1. The van der Waals surface area contributed by atoms with Gasteiger partial charge in [-0.15, -0.1) is 0 Å². The second-order valence-electron chi connectivity index (χ2n) is 7.79. The second-order valence-corrected chi connectivity index (χ2v) is 7.79. The molecule has 1 aliphatic heterocycles. The summed E-state index contributed by atoms with van der Waals surface area (Å²) in [7, 11) is 0. The predicted octanol–water partition coefficient (Wildman–Crippen LogP) is 4.31. The number of rotatable bonds is 6. The molecule has 2 aromatic heterocycles. The molecule has 3 aromatic rings. The molecule has 156 valence electrons. The fourth-order valence-electron chi connectivity index (χ4n) is 4.11. The van der Waals surface area contributed by atoms with Gasteiger partial charge in [0, 0.05) is 49.9 Å². The van der Waals surface area contributed by atoms with Gasteiger partial charge >= 0.3 is 0 Å². The molecular formula is C24H27FN4O. The molecule has 0 saturated carbocycles. The molecule has 0 radical (unpaired) electrons. The normalized spacial score (nSPS) is 16.6. The Hall–Kier alpha value is -3.02. The molecule has 1 aliphatic rings. The number of likely N-dealkylation sites (tertiary alicyclic amines) is 1. The van der Waals surface area contributed by atoms with Crippen molar-refractivity contribution in [2.75, 3.05) is 13.1 Å². The smallest absolute Gasteiger partial charge is 0.222 e. The summed E-state index contributed by atoms with van der Waals surface area (Å²) in [6.07, 6.45) is 7.67. The maximum Gasteiger partial charge on any atom is 0.222 e. The zero-order valence-electron chi connectivity index (χ0n) is 17.3. The number of hydrogen-bond acceptors (Lipinski definition) is 3. The van der Waals surface area contributed by atoms with E-state index in [2.05, 4.69) is 18.0 Å². The minimum atomic E-state index is -0.250. The summed E-state index contributed by atoms with van der Waals surface area (Å²) in [4.78, 5) is 24.0. The number of nitrogens with zero attached hydrogens (tertiary/aromatic N) is 4. The van der Waals surface area contributed by atoms with Crippen molar-refractivity contribution < 1.29 is 9.18 Å². The van der Waals surface area contributed by atoms with Crippen molar-refractivity contribution >= 4 is 5.91 Å². The maximum absolute atomic E-state index is 13.1. The molecule has 0 N–H and O–H groups in total. The molecule has 0 spiro atoms. The van der Waals surface area contributed by atoms with Gasteiger partial charge in [0.1, 0.15) is 17.5 Å². The fraction of sp³-hybridized carbons (Fsp3) is 0.375. The summed E-state index contributed by atoms with van der Waals surface area (Å²) < 4.78 is 15.1. The summed E-state index contributed by atoms with van der Waals surface area (Å²) in [5, 5.41) is 0. The molecule has 5 nitrogen and oxygen atoms in total. The van der Waals surface area contributed by atoms with Crippen molar-refractivity contribution in [2.24, 2.45) is 0 Å². The minimum Gasteiger partial charge on any atom is -0.342 e. The number of piperidine rings is 1. The van der Waals surface area contributed by atoms with Gasteiger partial charge < -0.3 is 4.90 Å². The average molecular weight is 407 g/mol. The van der Waals surface area contributed by atoms with E-state index in [9.17, 15) is 9.18 Å². The molecular weight excluding hydrogens is 379 g/mol. The third-order valence-corrected chi connectivity index (χ3v) is 5.77. The second kappa shape index (κ2) is 9.20. The van der Waals surface area contributed by atoms with Crippen LogP contribution in [0, 0.1) is 5.82 Å². The van der Waals surface area contributed by atoms with Crippen LogP contribution in [0.2, 0.25) is 0 Å². The van der Waals surface area contributed by atoms with E-state index in [-0.39, 0.29) is 17.6 Å². The van der Waals surface area contributed by atoms with Crippen molar-refractivity contribution in [3.63, 3.8) is 0 Å². The van der Waals surface area contributed by atoms with Gasteiger partial charge in [-0.25, -0.2) is 14.4 Å². The van der Waals surface area contributed by atoms with Crippen LogP contribution in [0.15, 0.2) is 54.9 Å². The number of aryl methyl sites for hydroxylation is 2. The van der Waals surface area contributed by atoms with Crippen LogP contribution in [0.25, 0.3) is 5.82 Å². The topological polar surface area (TPSA) is 51.0 Å². The van der Waals surface area contributed by atoms with Crippen LogP contribution in [0.3, 0.4) is 0 Å². The summed E-state index contributed by atoms with van der Waals surface area (Å²) >= 11 is 0. The zero-order valence-corrected chi connectivity index (χ0v) is 17.3. The van der Waals surface area contributed by atoms with Crippen LogP contribution < -0.4 is 0 Å². The van der Waals surface area contributed by atoms with Crippen LogP contribution in [0.5, 0.6) is 0 Å². The van der Waals surface area contributed by atoms with Crippen LogP contribution in [-0.2, 0) is 17.6 Å². The average Bonchev–Trinajstić information content (AvgIpc) is 3.28. The van der Waals surface area contributed by atoms with Gasteiger partial charge in [-0.1, -0.05) is 25.1 Å². The first kappa shape index (κ1) is 20.3. The van der Waals surface area contributed by atoms with Crippen molar-refractivity contribution in [3.8, 4) is 5.82 Å². The third-order valence-electron chi connectivity index (χ3n) is 5.77. The van der Waals surface area contributed by atoms with Gasteiger partial charge in [0.15, 0.2) is 0 Å². The lowest BCUT2D eigenvalue weighted by Gasteiger charge is -2.32. The maximum atomic E-state index is 13.1. The predicted molar refractivity (Wildman–Crippen MR) is 114 cm³/mol. The molecule has 1 saturated heterocycles. The van der Waals surface area contributed by atoms with E-state index in [0.717, 1.165) is 48.7 Å². The Morgan fingerprint density at radius 3 is 2.83 bits per heavy atom. The first-order chi connectivity index (χ1) is 14.6. The van der Waals surface area contributed by atoms with E-state index in [4.69, 9.17) is 4.98 Å². The fourth-order valence-corrected chi connectivity index (χ4v) is 4.11. The highest BCUT2D eigenvalue weighted by Crippen LogP contribution is 2.27. The first-order valence-corrected chi connectivity index (χ1v) is 10.7. The number of benzene rings is 1. The molecule has 6 heteroatoms. The van der Waals surface area contributed by atoms with Gasteiger partial charge in [-0.3, -0.25) is 9.36 Å². The minimum absolute atomic E-state index is 0.156. The van der Waals surface area contributed by atoms with Crippen molar-refractivity contribution in [1.82, 2.24) is 19.4 Å².